The zero-order valence-electron chi connectivity index (χ0n) is 14.2. The topological polar surface area (TPSA) is 77.4 Å². The number of benzene rings is 1. The highest BCUT2D eigenvalue weighted by Crippen LogP contribution is 2.29. The molecular weight excluding hydrogens is 328 g/mol. The Morgan fingerprint density at radius 2 is 2.08 bits per heavy atom. The van der Waals surface area contributed by atoms with E-state index in [2.05, 4.69) is 22.0 Å². The van der Waals surface area contributed by atoms with Gasteiger partial charge in [0.15, 0.2) is 0 Å². The molecule has 0 amide bonds. The van der Waals surface area contributed by atoms with Crippen LogP contribution in [-0.2, 0) is 6.54 Å². The highest BCUT2D eigenvalue weighted by atomic mass is 35.5. The fraction of sp³-hybridized carbons (Fsp3) is 0.529. The molecule has 1 unspecified atom stereocenters. The summed E-state index contributed by atoms with van der Waals surface area (Å²) in [6.45, 7) is 8.24. The molecule has 2 aromatic rings. The molecule has 1 aromatic heterocycles. The molecule has 1 saturated heterocycles. The van der Waals surface area contributed by atoms with Crippen molar-refractivity contribution >= 4 is 12.4 Å². The standard InChI is InChI=1S/C17H24N4O2.ClH/c1-3-22-14-6-4-13(5-7-14)16-19-15(23-20-16)10-21-9-8-17(2,11-18)12-21;/h4-7H,3,8-12,18H2,1-2H3;1H. The Kier molecular flexibility index (Phi) is 6.21. The smallest absolute Gasteiger partial charge is 0.241 e. The molecule has 0 saturated carbocycles. The third-order valence-corrected chi connectivity index (χ3v) is 4.38. The summed E-state index contributed by atoms with van der Waals surface area (Å²) in [6.07, 6.45) is 1.11. The molecule has 0 bridgehead atoms. The first kappa shape index (κ1) is 18.7. The van der Waals surface area contributed by atoms with Crippen molar-refractivity contribution < 1.29 is 9.26 Å². The molecule has 2 heterocycles. The lowest BCUT2D eigenvalue weighted by atomic mass is 9.90. The van der Waals surface area contributed by atoms with Crippen LogP contribution in [0.4, 0.5) is 0 Å². The van der Waals surface area contributed by atoms with E-state index in [4.69, 9.17) is 15.0 Å². The molecule has 2 N–H and O–H groups in total. The first-order valence-electron chi connectivity index (χ1n) is 8.10. The van der Waals surface area contributed by atoms with Crippen LogP contribution >= 0.6 is 12.4 Å². The lowest BCUT2D eigenvalue weighted by molar-refractivity contribution is 0.239. The van der Waals surface area contributed by atoms with Crippen LogP contribution in [0.5, 0.6) is 5.75 Å². The van der Waals surface area contributed by atoms with E-state index in [-0.39, 0.29) is 17.8 Å². The number of nitrogens with two attached hydrogens (primary N) is 1. The summed E-state index contributed by atoms with van der Waals surface area (Å²) in [7, 11) is 0. The lowest BCUT2D eigenvalue weighted by Crippen LogP contribution is -2.31. The van der Waals surface area contributed by atoms with Gasteiger partial charge in [0.05, 0.1) is 13.2 Å². The van der Waals surface area contributed by atoms with Crippen molar-refractivity contribution in [3.63, 3.8) is 0 Å². The van der Waals surface area contributed by atoms with E-state index in [0.29, 0.717) is 31.4 Å². The van der Waals surface area contributed by atoms with Gasteiger partial charge in [0.25, 0.3) is 0 Å². The molecule has 1 atom stereocenters. The Morgan fingerprint density at radius 1 is 1.33 bits per heavy atom. The molecule has 24 heavy (non-hydrogen) atoms. The third kappa shape index (κ3) is 4.26. The van der Waals surface area contributed by atoms with Crippen LogP contribution in [0.15, 0.2) is 28.8 Å². The van der Waals surface area contributed by atoms with Crippen molar-refractivity contribution in [2.45, 2.75) is 26.8 Å². The van der Waals surface area contributed by atoms with Crippen molar-refractivity contribution in [2.24, 2.45) is 11.1 Å². The fourth-order valence-corrected chi connectivity index (χ4v) is 2.92. The fourth-order valence-electron chi connectivity index (χ4n) is 2.92. The Labute approximate surface area is 148 Å². The van der Waals surface area contributed by atoms with Gasteiger partial charge in [-0.3, -0.25) is 4.90 Å². The van der Waals surface area contributed by atoms with Gasteiger partial charge < -0.3 is 15.0 Å². The van der Waals surface area contributed by atoms with Gasteiger partial charge in [-0.2, -0.15) is 4.98 Å². The van der Waals surface area contributed by atoms with Gasteiger partial charge in [0, 0.05) is 12.1 Å². The number of rotatable bonds is 6. The maximum absolute atomic E-state index is 5.85. The number of nitrogens with zero attached hydrogens (tertiary/aromatic N) is 3. The molecule has 7 heteroatoms. The van der Waals surface area contributed by atoms with Crippen molar-refractivity contribution in [1.29, 1.82) is 0 Å². The van der Waals surface area contributed by atoms with E-state index >= 15 is 0 Å². The number of hydrogen-bond donors (Lipinski definition) is 1. The predicted molar refractivity (Wildman–Crippen MR) is 95.2 cm³/mol. The van der Waals surface area contributed by atoms with Crippen LogP contribution in [0, 0.1) is 5.41 Å². The average Bonchev–Trinajstić information content (AvgIpc) is 3.17. The number of aromatic nitrogens is 2. The Bertz CT molecular complexity index is 646. The number of hydrogen-bond acceptors (Lipinski definition) is 6. The zero-order chi connectivity index (χ0) is 16.3. The summed E-state index contributed by atoms with van der Waals surface area (Å²) in [6, 6.07) is 7.73. The molecule has 6 nitrogen and oxygen atoms in total. The number of halogens is 1. The molecule has 132 valence electrons. The minimum absolute atomic E-state index is 0. The molecule has 0 aliphatic carbocycles. The van der Waals surface area contributed by atoms with E-state index in [1.165, 1.54) is 0 Å². The Morgan fingerprint density at radius 3 is 2.71 bits per heavy atom. The molecule has 1 aliphatic rings. The van der Waals surface area contributed by atoms with Crippen molar-refractivity contribution in [2.75, 3.05) is 26.2 Å². The summed E-state index contributed by atoms with van der Waals surface area (Å²) in [4.78, 5) is 6.82. The van der Waals surface area contributed by atoms with Crippen LogP contribution in [0.2, 0.25) is 0 Å². The van der Waals surface area contributed by atoms with E-state index in [9.17, 15) is 0 Å². The van der Waals surface area contributed by atoms with Crippen LogP contribution in [-0.4, -0.2) is 41.3 Å². The highest BCUT2D eigenvalue weighted by molar-refractivity contribution is 5.85. The third-order valence-electron chi connectivity index (χ3n) is 4.38. The molecule has 3 rings (SSSR count). The van der Waals surface area contributed by atoms with Crippen molar-refractivity contribution in [3.8, 4) is 17.1 Å². The van der Waals surface area contributed by atoms with Gasteiger partial charge in [-0.1, -0.05) is 12.1 Å². The van der Waals surface area contributed by atoms with E-state index in [1.54, 1.807) is 0 Å². The van der Waals surface area contributed by atoms with Crippen LogP contribution in [0.25, 0.3) is 11.4 Å². The monoisotopic (exact) mass is 352 g/mol. The second-order valence-corrected chi connectivity index (χ2v) is 6.44. The highest BCUT2D eigenvalue weighted by Gasteiger charge is 2.33. The van der Waals surface area contributed by atoms with Crippen molar-refractivity contribution in [3.05, 3.63) is 30.2 Å². The maximum Gasteiger partial charge on any atom is 0.241 e. The second kappa shape index (κ2) is 7.96. The summed E-state index contributed by atoms with van der Waals surface area (Å²) in [5, 5.41) is 4.08. The van der Waals surface area contributed by atoms with Crippen LogP contribution in [0.1, 0.15) is 26.2 Å². The average molecular weight is 353 g/mol. The maximum atomic E-state index is 5.85. The zero-order valence-corrected chi connectivity index (χ0v) is 15.0. The van der Waals surface area contributed by atoms with Gasteiger partial charge in [0.2, 0.25) is 11.7 Å². The number of likely N-dealkylation sites (tertiary alicyclic amines) is 1. The first-order chi connectivity index (χ1) is 11.1. The first-order valence-corrected chi connectivity index (χ1v) is 8.10. The van der Waals surface area contributed by atoms with E-state index < -0.39 is 0 Å². The Hall–Kier alpha value is -1.63. The quantitative estimate of drug-likeness (QED) is 0.861. The second-order valence-electron chi connectivity index (χ2n) is 6.44. The molecule has 1 fully saturated rings. The summed E-state index contributed by atoms with van der Waals surface area (Å²) in [5.41, 5.74) is 6.98. The predicted octanol–water partition coefficient (Wildman–Crippen LogP) is 2.73. The molecule has 1 aromatic carbocycles. The molecule has 0 radical (unpaired) electrons. The van der Waals surface area contributed by atoms with Crippen LogP contribution < -0.4 is 10.5 Å². The summed E-state index contributed by atoms with van der Waals surface area (Å²) >= 11 is 0. The summed E-state index contributed by atoms with van der Waals surface area (Å²) < 4.78 is 10.8. The SMILES string of the molecule is CCOc1ccc(-c2noc(CN3CCC(C)(CN)C3)n2)cc1.Cl. The van der Waals surface area contributed by atoms with E-state index in [1.807, 2.05) is 31.2 Å². The molecular formula is C17H25ClN4O2. The van der Waals surface area contributed by atoms with Gasteiger partial charge in [-0.15, -0.1) is 12.4 Å². The molecule has 1 aliphatic heterocycles. The molecule has 0 spiro atoms. The van der Waals surface area contributed by atoms with Gasteiger partial charge in [-0.25, -0.2) is 0 Å². The van der Waals surface area contributed by atoms with Gasteiger partial charge in [0.1, 0.15) is 5.75 Å². The largest absolute Gasteiger partial charge is 0.494 e. The van der Waals surface area contributed by atoms with E-state index in [0.717, 1.165) is 30.8 Å². The van der Waals surface area contributed by atoms with Crippen molar-refractivity contribution in [1.82, 2.24) is 15.0 Å². The summed E-state index contributed by atoms with van der Waals surface area (Å²) in [5.74, 6) is 2.11. The minimum atomic E-state index is 0. The normalized spacial score (nSPS) is 20.8. The van der Waals surface area contributed by atoms with Crippen LogP contribution in [0.3, 0.4) is 0 Å². The van der Waals surface area contributed by atoms with Gasteiger partial charge in [-0.05, 0) is 56.1 Å². The minimum Gasteiger partial charge on any atom is -0.494 e. The Balaban J connectivity index is 0.00000208. The van der Waals surface area contributed by atoms with Gasteiger partial charge >= 0.3 is 0 Å². The number of ether oxygens (including phenoxy) is 1. The lowest BCUT2D eigenvalue weighted by Gasteiger charge is -2.21.